The molecule has 2 N–H and O–H groups in total. The van der Waals surface area contributed by atoms with E-state index in [2.05, 4.69) is 31.7 Å². The fourth-order valence-electron chi connectivity index (χ4n) is 2.12. The summed E-state index contributed by atoms with van der Waals surface area (Å²) < 4.78 is 5.43. The van der Waals surface area contributed by atoms with Crippen LogP contribution in [0.25, 0.3) is 0 Å². The van der Waals surface area contributed by atoms with Gasteiger partial charge < -0.3 is 10.5 Å². The molecule has 0 fully saturated rings. The fourth-order valence-corrected chi connectivity index (χ4v) is 2.12. The molecule has 1 rings (SSSR count). The molecule has 0 saturated carbocycles. The largest absolute Gasteiger partial charge is 0.496 e. The smallest absolute Gasteiger partial charge is 0.124 e. The SMILES string of the molecule is COc1c(C)cc(CCN(C)CN)c(C)c1C. The van der Waals surface area contributed by atoms with Crippen LogP contribution in [-0.4, -0.2) is 32.3 Å². The summed E-state index contributed by atoms with van der Waals surface area (Å²) in [6.45, 7) is 7.98. The Morgan fingerprint density at radius 1 is 1.24 bits per heavy atom. The van der Waals surface area contributed by atoms with Gasteiger partial charge in [0.25, 0.3) is 0 Å². The quantitative estimate of drug-likeness (QED) is 0.795. The third-order valence-corrected chi connectivity index (χ3v) is 3.41. The van der Waals surface area contributed by atoms with Gasteiger partial charge in [0.05, 0.1) is 7.11 Å². The molecule has 0 heterocycles. The molecule has 0 saturated heterocycles. The highest BCUT2D eigenvalue weighted by atomic mass is 16.5. The Labute approximate surface area is 105 Å². The molecular weight excluding hydrogens is 212 g/mol. The first-order chi connectivity index (χ1) is 8.01. The summed E-state index contributed by atoms with van der Waals surface area (Å²) in [5.74, 6) is 1.01. The van der Waals surface area contributed by atoms with E-state index in [1.54, 1.807) is 7.11 Å². The molecule has 0 spiro atoms. The molecule has 0 atom stereocenters. The van der Waals surface area contributed by atoms with E-state index in [1.165, 1.54) is 22.3 Å². The van der Waals surface area contributed by atoms with Gasteiger partial charge in [0, 0.05) is 13.2 Å². The standard InChI is InChI=1S/C14H24N2O/c1-10-8-13(6-7-16(4)9-15)11(2)12(3)14(10)17-5/h8H,6-7,9,15H2,1-5H3. The number of hydrogen-bond acceptors (Lipinski definition) is 3. The van der Waals surface area contributed by atoms with Gasteiger partial charge in [-0.15, -0.1) is 0 Å². The zero-order valence-electron chi connectivity index (χ0n) is 11.6. The van der Waals surface area contributed by atoms with E-state index in [0.717, 1.165) is 18.7 Å². The van der Waals surface area contributed by atoms with Crippen molar-refractivity contribution < 1.29 is 4.74 Å². The highest BCUT2D eigenvalue weighted by molar-refractivity contribution is 5.49. The van der Waals surface area contributed by atoms with E-state index in [4.69, 9.17) is 10.5 Å². The lowest BCUT2D eigenvalue weighted by Crippen LogP contribution is -2.27. The van der Waals surface area contributed by atoms with Crippen molar-refractivity contribution in [3.63, 3.8) is 0 Å². The first-order valence-electron chi connectivity index (χ1n) is 6.03. The average molecular weight is 236 g/mol. The summed E-state index contributed by atoms with van der Waals surface area (Å²) in [7, 11) is 3.77. The predicted molar refractivity (Wildman–Crippen MR) is 72.6 cm³/mol. The van der Waals surface area contributed by atoms with Crippen molar-refractivity contribution in [2.45, 2.75) is 27.2 Å². The molecule has 3 heteroatoms. The second-order valence-corrected chi connectivity index (χ2v) is 4.65. The van der Waals surface area contributed by atoms with Crippen molar-refractivity contribution in [2.75, 3.05) is 27.4 Å². The van der Waals surface area contributed by atoms with E-state index in [1.807, 2.05) is 7.05 Å². The molecule has 1 aromatic carbocycles. The lowest BCUT2D eigenvalue weighted by molar-refractivity contribution is 0.348. The molecule has 0 bridgehead atoms. The van der Waals surface area contributed by atoms with Crippen LogP contribution in [-0.2, 0) is 6.42 Å². The minimum atomic E-state index is 0.604. The van der Waals surface area contributed by atoms with Gasteiger partial charge in [-0.25, -0.2) is 0 Å². The van der Waals surface area contributed by atoms with Crippen molar-refractivity contribution in [3.05, 3.63) is 28.3 Å². The van der Waals surface area contributed by atoms with E-state index >= 15 is 0 Å². The highest BCUT2D eigenvalue weighted by Crippen LogP contribution is 2.28. The Balaban J connectivity index is 2.94. The summed E-state index contributed by atoms with van der Waals surface area (Å²) >= 11 is 0. The molecule has 0 amide bonds. The molecule has 1 aromatic rings. The highest BCUT2D eigenvalue weighted by Gasteiger charge is 2.10. The van der Waals surface area contributed by atoms with Crippen molar-refractivity contribution in [3.8, 4) is 5.75 Å². The maximum absolute atomic E-state index is 5.59. The Kier molecular flexibility index (Phi) is 4.97. The van der Waals surface area contributed by atoms with Gasteiger partial charge in [-0.1, -0.05) is 6.07 Å². The number of rotatable bonds is 5. The normalized spacial score (nSPS) is 11.0. The van der Waals surface area contributed by atoms with Crippen LogP contribution in [0, 0.1) is 20.8 Å². The topological polar surface area (TPSA) is 38.5 Å². The van der Waals surface area contributed by atoms with Crippen LogP contribution in [0.4, 0.5) is 0 Å². The Morgan fingerprint density at radius 3 is 2.41 bits per heavy atom. The Hall–Kier alpha value is -1.06. The summed E-state index contributed by atoms with van der Waals surface area (Å²) in [5, 5.41) is 0. The molecule has 3 nitrogen and oxygen atoms in total. The van der Waals surface area contributed by atoms with E-state index in [9.17, 15) is 0 Å². The third-order valence-electron chi connectivity index (χ3n) is 3.41. The van der Waals surface area contributed by atoms with E-state index in [-0.39, 0.29) is 0 Å². The second-order valence-electron chi connectivity index (χ2n) is 4.65. The van der Waals surface area contributed by atoms with Crippen LogP contribution >= 0.6 is 0 Å². The van der Waals surface area contributed by atoms with Gasteiger partial charge in [-0.2, -0.15) is 0 Å². The number of nitrogens with zero attached hydrogens (tertiary/aromatic N) is 1. The van der Waals surface area contributed by atoms with Crippen molar-refractivity contribution in [2.24, 2.45) is 5.73 Å². The van der Waals surface area contributed by atoms with Gasteiger partial charge in [-0.3, -0.25) is 4.90 Å². The maximum Gasteiger partial charge on any atom is 0.124 e. The minimum Gasteiger partial charge on any atom is -0.496 e. The number of ether oxygens (including phenoxy) is 1. The first kappa shape index (κ1) is 14.0. The summed E-state index contributed by atoms with van der Waals surface area (Å²) in [6, 6.07) is 2.23. The van der Waals surface area contributed by atoms with Crippen molar-refractivity contribution in [1.29, 1.82) is 0 Å². The lowest BCUT2D eigenvalue weighted by Gasteiger charge is -2.18. The number of hydrogen-bond donors (Lipinski definition) is 1. The molecule has 0 unspecified atom stereocenters. The van der Waals surface area contributed by atoms with Crippen LogP contribution in [0.3, 0.4) is 0 Å². The number of benzene rings is 1. The molecule has 0 aromatic heterocycles. The van der Waals surface area contributed by atoms with Gasteiger partial charge >= 0.3 is 0 Å². The van der Waals surface area contributed by atoms with Gasteiger partial charge in [0.15, 0.2) is 0 Å². The minimum absolute atomic E-state index is 0.604. The Morgan fingerprint density at radius 2 is 1.88 bits per heavy atom. The number of likely N-dealkylation sites (N-methyl/N-ethyl adjacent to an activating group) is 1. The average Bonchev–Trinajstić information content (AvgIpc) is 2.32. The van der Waals surface area contributed by atoms with E-state index in [0.29, 0.717) is 6.67 Å². The van der Waals surface area contributed by atoms with Gasteiger partial charge in [0.2, 0.25) is 0 Å². The summed E-state index contributed by atoms with van der Waals surface area (Å²) in [4.78, 5) is 2.12. The van der Waals surface area contributed by atoms with Gasteiger partial charge in [0.1, 0.15) is 5.75 Å². The Bertz CT molecular complexity index is 388. The monoisotopic (exact) mass is 236 g/mol. The molecule has 0 aliphatic heterocycles. The second kappa shape index (κ2) is 6.03. The van der Waals surface area contributed by atoms with Gasteiger partial charge in [-0.05, 0) is 56.5 Å². The number of aryl methyl sites for hydroxylation is 1. The third kappa shape index (κ3) is 3.20. The lowest BCUT2D eigenvalue weighted by atomic mass is 9.96. The zero-order valence-corrected chi connectivity index (χ0v) is 11.6. The zero-order chi connectivity index (χ0) is 13.0. The fraction of sp³-hybridized carbons (Fsp3) is 0.571. The number of nitrogens with two attached hydrogens (primary N) is 1. The first-order valence-corrected chi connectivity index (χ1v) is 6.03. The summed E-state index contributed by atoms with van der Waals surface area (Å²) in [5.41, 5.74) is 10.8. The van der Waals surface area contributed by atoms with E-state index < -0.39 is 0 Å². The summed E-state index contributed by atoms with van der Waals surface area (Å²) in [6.07, 6.45) is 1.03. The van der Waals surface area contributed by atoms with Crippen LogP contribution < -0.4 is 10.5 Å². The molecule has 0 aliphatic carbocycles. The van der Waals surface area contributed by atoms with Crippen LogP contribution in [0.5, 0.6) is 5.75 Å². The van der Waals surface area contributed by atoms with Crippen LogP contribution in [0.1, 0.15) is 22.3 Å². The van der Waals surface area contributed by atoms with Crippen molar-refractivity contribution in [1.82, 2.24) is 4.90 Å². The maximum atomic E-state index is 5.59. The predicted octanol–water partition coefficient (Wildman–Crippen LogP) is 2.01. The van der Waals surface area contributed by atoms with Crippen LogP contribution in [0.15, 0.2) is 6.07 Å². The molecular formula is C14H24N2O. The molecule has 0 radical (unpaired) electrons. The molecule has 0 aliphatic rings. The molecule has 96 valence electrons. The van der Waals surface area contributed by atoms with Crippen molar-refractivity contribution >= 4 is 0 Å². The number of methoxy groups -OCH3 is 1. The molecule has 17 heavy (non-hydrogen) atoms. The van der Waals surface area contributed by atoms with Crippen LogP contribution in [0.2, 0.25) is 0 Å².